The van der Waals surface area contributed by atoms with Gasteiger partial charge in [0, 0.05) is 16.6 Å². The third-order valence-corrected chi connectivity index (χ3v) is 4.79. The SMILES string of the molecule is NC1CS(=O)(=O)c2c(Cl)ccc(Cl)c21. The van der Waals surface area contributed by atoms with Crippen LogP contribution in [0.5, 0.6) is 0 Å². The lowest BCUT2D eigenvalue weighted by Crippen LogP contribution is -2.12. The van der Waals surface area contributed by atoms with Gasteiger partial charge in [-0.2, -0.15) is 0 Å². The van der Waals surface area contributed by atoms with E-state index < -0.39 is 15.9 Å². The predicted molar refractivity (Wildman–Crippen MR) is 55.4 cm³/mol. The van der Waals surface area contributed by atoms with E-state index in [9.17, 15) is 8.42 Å². The Labute approximate surface area is 91.7 Å². The molecule has 0 aliphatic carbocycles. The van der Waals surface area contributed by atoms with E-state index in [0.717, 1.165) is 0 Å². The molecule has 2 rings (SSSR count). The van der Waals surface area contributed by atoms with Gasteiger partial charge >= 0.3 is 0 Å². The molecule has 1 aromatic rings. The minimum absolute atomic E-state index is 0.0965. The average Bonchev–Trinajstić information content (AvgIpc) is 2.30. The van der Waals surface area contributed by atoms with E-state index in [1.807, 2.05) is 0 Å². The number of hydrogen-bond acceptors (Lipinski definition) is 3. The normalized spacial score (nSPS) is 23.5. The summed E-state index contributed by atoms with van der Waals surface area (Å²) in [6, 6.07) is 2.46. The van der Waals surface area contributed by atoms with E-state index in [0.29, 0.717) is 10.6 Å². The Balaban J connectivity index is 2.87. The molecule has 1 atom stereocenters. The molecule has 0 spiro atoms. The molecular formula is C8H7Cl2NO2S. The molecule has 76 valence electrons. The molecule has 0 aromatic heterocycles. The molecule has 0 saturated heterocycles. The number of sulfone groups is 1. The molecule has 0 bridgehead atoms. The van der Waals surface area contributed by atoms with Crippen LogP contribution < -0.4 is 5.73 Å². The van der Waals surface area contributed by atoms with Crippen LogP contribution in [0.15, 0.2) is 17.0 Å². The minimum Gasteiger partial charge on any atom is -0.323 e. The molecule has 6 heteroatoms. The summed E-state index contributed by atoms with van der Waals surface area (Å²) in [5.74, 6) is -0.119. The van der Waals surface area contributed by atoms with Crippen LogP contribution in [0.3, 0.4) is 0 Å². The summed E-state index contributed by atoms with van der Waals surface area (Å²) in [6.07, 6.45) is 0. The first-order chi connectivity index (χ1) is 6.43. The van der Waals surface area contributed by atoms with Crippen molar-refractivity contribution in [2.45, 2.75) is 10.9 Å². The largest absolute Gasteiger partial charge is 0.323 e. The van der Waals surface area contributed by atoms with Crippen molar-refractivity contribution in [2.75, 3.05) is 5.75 Å². The third-order valence-electron chi connectivity index (χ3n) is 2.18. The number of halogens is 2. The van der Waals surface area contributed by atoms with Crippen LogP contribution in [-0.2, 0) is 9.84 Å². The lowest BCUT2D eigenvalue weighted by atomic mass is 10.1. The first kappa shape index (κ1) is 10.2. The average molecular weight is 252 g/mol. The fraction of sp³-hybridized carbons (Fsp3) is 0.250. The number of hydrogen-bond donors (Lipinski definition) is 1. The van der Waals surface area contributed by atoms with Crippen molar-refractivity contribution in [1.82, 2.24) is 0 Å². The van der Waals surface area contributed by atoms with Crippen LogP contribution in [0.25, 0.3) is 0 Å². The molecule has 1 aliphatic rings. The van der Waals surface area contributed by atoms with Crippen molar-refractivity contribution < 1.29 is 8.42 Å². The Kier molecular flexibility index (Phi) is 2.27. The van der Waals surface area contributed by atoms with Gasteiger partial charge in [-0.1, -0.05) is 23.2 Å². The number of fused-ring (bicyclic) bond motifs is 1. The van der Waals surface area contributed by atoms with Crippen molar-refractivity contribution in [3.05, 3.63) is 27.7 Å². The van der Waals surface area contributed by atoms with Gasteiger partial charge in [0.15, 0.2) is 9.84 Å². The molecule has 1 heterocycles. The van der Waals surface area contributed by atoms with E-state index in [-0.39, 0.29) is 15.7 Å². The Hall–Kier alpha value is -0.290. The van der Waals surface area contributed by atoms with Crippen molar-refractivity contribution in [3.8, 4) is 0 Å². The molecule has 0 radical (unpaired) electrons. The van der Waals surface area contributed by atoms with Gasteiger partial charge in [0.25, 0.3) is 0 Å². The van der Waals surface area contributed by atoms with Crippen LogP contribution in [-0.4, -0.2) is 14.2 Å². The Morgan fingerprint density at radius 2 is 1.86 bits per heavy atom. The summed E-state index contributed by atoms with van der Waals surface area (Å²) in [5.41, 5.74) is 6.11. The summed E-state index contributed by atoms with van der Waals surface area (Å²) in [7, 11) is -3.35. The second kappa shape index (κ2) is 3.10. The molecule has 0 amide bonds. The maximum absolute atomic E-state index is 11.6. The summed E-state index contributed by atoms with van der Waals surface area (Å²) in [4.78, 5) is 0.0965. The molecule has 3 nitrogen and oxygen atoms in total. The van der Waals surface area contributed by atoms with Gasteiger partial charge in [-0.3, -0.25) is 0 Å². The zero-order valence-corrected chi connectivity index (χ0v) is 9.33. The first-order valence-corrected chi connectivity index (χ1v) is 6.30. The summed E-state index contributed by atoms with van der Waals surface area (Å²) >= 11 is 11.7. The second-order valence-electron chi connectivity index (χ2n) is 3.16. The molecule has 0 saturated carbocycles. The smallest absolute Gasteiger partial charge is 0.182 e. The number of benzene rings is 1. The Morgan fingerprint density at radius 1 is 1.29 bits per heavy atom. The maximum atomic E-state index is 11.6. The predicted octanol–water partition coefficient (Wildman–Crippen LogP) is 1.78. The van der Waals surface area contributed by atoms with E-state index in [2.05, 4.69) is 0 Å². The second-order valence-corrected chi connectivity index (χ2v) is 5.95. The lowest BCUT2D eigenvalue weighted by molar-refractivity contribution is 0.598. The molecule has 2 N–H and O–H groups in total. The number of rotatable bonds is 0. The molecule has 1 aliphatic heterocycles. The number of nitrogens with two attached hydrogens (primary N) is 1. The Morgan fingerprint density at radius 3 is 2.43 bits per heavy atom. The van der Waals surface area contributed by atoms with Gasteiger partial charge in [0.2, 0.25) is 0 Å². The van der Waals surface area contributed by atoms with Gasteiger partial charge < -0.3 is 5.73 Å². The highest BCUT2D eigenvalue weighted by Crippen LogP contribution is 2.40. The van der Waals surface area contributed by atoms with Gasteiger partial charge in [0.1, 0.15) is 0 Å². The van der Waals surface area contributed by atoms with Crippen molar-refractivity contribution in [3.63, 3.8) is 0 Å². The first-order valence-electron chi connectivity index (χ1n) is 3.90. The third kappa shape index (κ3) is 1.34. The van der Waals surface area contributed by atoms with Crippen LogP contribution in [0.4, 0.5) is 0 Å². The molecule has 14 heavy (non-hydrogen) atoms. The van der Waals surface area contributed by atoms with E-state index in [1.165, 1.54) is 6.07 Å². The monoisotopic (exact) mass is 251 g/mol. The van der Waals surface area contributed by atoms with Crippen molar-refractivity contribution in [1.29, 1.82) is 0 Å². The highest BCUT2D eigenvalue weighted by Gasteiger charge is 2.36. The highest BCUT2D eigenvalue weighted by atomic mass is 35.5. The lowest BCUT2D eigenvalue weighted by Gasteiger charge is -2.05. The quantitative estimate of drug-likeness (QED) is 0.765. The van der Waals surface area contributed by atoms with Crippen molar-refractivity contribution in [2.24, 2.45) is 5.73 Å². The van der Waals surface area contributed by atoms with Gasteiger partial charge in [-0.05, 0) is 12.1 Å². The summed E-state index contributed by atoms with van der Waals surface area (Å²) in [6.45, 7) is 0. The summed E-state index contributed by atoms with van der Waals surface area (Å²) in [5, 5.41) is 0.551. The van der Waals surface area contributed by atoms with E-state index in [1.54, 1.807) is 6.07 Å². The van der Waals surface area contributed by atoms with Crippen LogP contribution >= 0.6 is 23.2 Å². The topological polar surface area (TPSA) is 60.2 Å². The van der Waals surface area contributed by atoms with Gasteiger partial charge in [-0.25, -0.2) is 8.42 Å². The molecule has 1 aromatic carbocycles. The van der Waals surface area contributed by atoms with Gasteiger partial charge in [0.05, 0.1) is 15.7 Å². The molecular weight excluding hydrogens is 245 g/mol. The zero-order chi connectivity index (χ0) is 10.5. The molecule has 0 fully saturated rings. The maximum Gasteiger partial charge on any atom is 0.182 e. The van der Waals surface area contributed by atoms with Gasteiger partial charge in [-0.15, -0.1) is 0 Å². The fourth-order valence-electron chi connectivity index (χ4n) is 1.61. The van der Waals surface area contributed by atoms with Crippen molar-refractivity contribution >= 4 is 33.0 Å². The molecule has 1 unspecified atom stereocenters. The van der Waals surface area contributed by atoms with E-state index in [4.69, 9.17) is 28.9 Å². The van der Waals surface area contributed by atoms with Crippen LogP contribution in [0, 0.1) is 0 Å². The van der Waals surface area contributed by atoms with Crippen LogP contribution in [0.1, 0.15) is 11.6 Å². The van der Waals surface area contributed by atoms with Crippen LogP contribution in [0.2, 0.25) is 10.0 Å². The van der Waals surface area contributed by atoms with E-state index >= 15 is 0 Å². The zero-order valence-electron chi connectivity index (χ0n) is 7.00. The standard InChI is InChI=1S/C8H7Cl2NO2S/c9-4-1-2-5(10)8-7(4)6(11)3-14(8,12)13/h1-2,6H,3,11H2. The minimum atomic E-state index is -3.35. The Bertz CT molecular complexity index is 498. The fourth-order valence-corrected chi connectivity index (χ4v) is 4.25. The highest BCUT2D eigenvalue weighted by molar-refractivity contribution is 7.92. The summed E-state index contributed by atoms with van der Waals surface area (Å²) < 4.78 is 23.2.